The minimum absolute atomic E-state index is 0.182. The van der Waals surface area contributed by atoms with Gasteiger partial charge in [-0.2, -0.15) is 0 Å². The lowest BCUT2D eigenvalue weighted by molar-refractivity contribution is 0.103. The van der Waals surface area contributed by atoms with Crippen molar-refractivity contribution >= 4 is 33.7 Å². The van der Waals surface area contributed by atoms with Crippen LogP contribution in [0.25, 0.3) is 21.8 Å². The molecule has 1 N–H and O–H groups in total. The molecule has 4 rings (SSSR count). The molecule has 7 heteroatoms. The Bertz CT molecular complexity index is 1150. The molecule has 0 atom stereocenters. The number of pyridine rings is 1. The van der Waals surface area contributed by atoms with Crippen LogP contribution in [0, 0.1) is 20.8 Å². The molecule has 3 aromatic heterocycles. The fraction of sp³-hybridized carbons (Fsp3) is 0.143. The monoisotopic (exact) mass is 406 g/mol. The van der Waals surface area contributed by atoms with Gasteiger partial charge in [0.1, 0.15) is 9.88 Å². The van der Waals surface area contributed by atoms with E-state index in [2.05, 4.69) is 52.3 Å². The van der Waals surface area contributed by atoms with Crippen LogP contribution >= 0.6 is 22.7 Å². The summed E-state index contributed by atoms with van der Waals surface area (Å²) < 4.78 is 0. The van der Waals surface area contributed by atoms with Crippen LogP contribution in [0.5, 0.6) is 0 Å². The van der Waals surface area contributed by atoms with Gasteiger partial charge in [0.15, 0.2) is 5.13 Å². The van der Waals surface area contributed by atoms with Gasteiger partial charge >= 0.3 is 0 Å². The molecule has 4 aromatic rings. The predicted molar refractivity (Wildman–Crippen MR) is 115 cm³/mol. The topological polar surface area (TPSA) is 67.8 Å². The minimum Gasteiger partial charge on any atom is -0.297 e. The SMILES string of the molecule is Cc1ccc(-c2nc(C)c(C(=O)Nc3nc(-c4cccnc4)cs3)s2)c(C)c1. The Balaban J connectivity index is 1.56. The molecule has 3 heterocycles. The summed E-state index contributed by atoms with van der Waals surface area (Å²) in [5, 5.41) is 6.22. The lowest BCUT2D eigenvalue weighted by Crippen LogP contribution is -2.11. The number of carbonyl (C=O) groups excluding carboxylic acids is 1. The van der Waals surface area contributed by atoms with Crippen LogP contribution in [-0.4, -0.2) is 20.9 Å². The first-order valence-electron chi connectivity index (χ1n) is 8.73. The maximum atomic E-state index is 12.8. The number of aryl methyl sites for hydroxylation is 3. The Morgan fingerprint density at radius 2 is 1.96 bits per heavy atom. The first kappa shape index (κ1) is 18.5. The van der Waals surface area contributed by atoms with Gasteiger partial charge < -0.3 is 0 Å². The van der Waals surface area contributed by atoms with E-state index in [1.807, 2.05) is 24.4 Å². The van der Waals surface area contributed by atoms with E-state index in [1.54, 1.807) is 12.4 Å². The van der Waals surface area contributed by atoms with Crippen LogP contribution in [0.1, 0.15) is 26.5 Å². The molecule has 0 saturated heterocycles. The second kappa shape index (κ2) is 7.61. The number of benzene rings is 1. The van der Waals surface area contributed by atoms with Crippen LogP contribution in [-0.2, 0) is 0 Å². The summed E-state index contributed by atoms with van der Waals surface area (Å²) in [4.78, 5) is 26.6. The van der Waals surface area contributed by atoms with Gasteiger partial charge in [-0.15, -0.1) is 22.7 Å². The molecule has 0 saturated carbocycles. The van der Waals surface area contributed by atoms with Gasteiger partial charge in [0.05, 0.1) is 11.4 Å². The van der Waals surface area contributed by atoms with Crippen LogP contribution in [0.15, 0.2) is 48.1 Å². The van der Waals surface area contributed by atoms with Crippen molar-refractivity contribution in [2.45, 2.75) is 20.8 Å². The molecule has 1 aromatic carbocycles. The first-order chi connectivity index (χ1) is 13.5. The van der Waals surface area contributed by atoms with E-state index < -0.39 is 0 Å². The summed E-state index contributed by atoms with van der Waals surface area (Å²) in [6.07, 6.45) is 3.47. The molecule has 28 heavy (non-hydrogen) atoms. The normalized spacial score (nSPS) is 10.8. The number of aromatic nitrogens is 3. The summed E-state index contributed by atoms with van der Waals surface area (Å²) in [6, 6.07) is 10.1. The molecule has 1 amide bonds. The molecule has 5 nitrogen and oxygen atoms in total. The highest BCUT2D eigenvalue weighted by Gasteiger charge is 2.18. The minimum atomic E-state index is -0.182. The van der Waals surface area contributed by atoms with Crippen molar-refractivity contribution in [3.05, 3.63) is 69.8 Å². The third kappa shape index (κ3) is 3.72. The Hall–Kier alpha value is -2.90. The zero-order valence-corrected chi connectivity index (χ0v) is 17.3. The van der Waals surface area contributed by atoms with Crippen molar-refractivity contribution in [1.29, 1.82) is 0 Å². The van der Waals surface area contributed by atoms with Gasteiger partial charge in [-0.1, -0.05) is 23.8 Å². The maximum Gasteiger partial charge on any atom is 0.269 e. The Morgan fingerprint density at radius 3 is 2.71 bits per heavy atom. The average Bonchev–Trinajstić information content (AvgIpc) is 3.29. The van der Waals surface area contributed by atoms with Crippen molar-refractivity contribution < 1.29 is 4.79 Å². The van der Waals surface area contributed by atoms with Crippen LogP contribution in [0.4, 0.5) is 5.13 Å². The lowest BCUT2D eigenvalue weighted by atomic mass is 10.1. The third-order valence-corrected chi connectivity index (χ3v) is 6.24. The molecule has 0 radical (unpaired) electrons. The van der Waals surface area contributed by atoms with Crippen molar-refractivity contribution in [3.63, 3.8) is 0 Å². The molecule has 0 fully saturated rings. The highest BCUT2D eigenvalue weighted by molar-refractivity contribution is 7.17. The van der Waals surface area contributed by atoms with E-state index in [4.69, 9.17) is 0 Å². The van der Waals surface area contributed by atoms with E-state index >= 15 is 0 Å². The second-order valence-corrected chi connectivity index (χ2v) is 8.34. The molecular formula is C21H18N4OS2. The summed E-state index contributed by atoms with van der Waals surface area (Å²) in [5.41, 5.74) is 5.87. The first-order valence-corrected chi connectivity index (χ1v) is 10.4. The highest BCUT2D eigenvalue weighted by atomic mass is 32.1. The Labute approximate surface area is 171 Å². The maximum absolute atomic E-state index is 12.8. The number of amides is 1. The van der Waals surface area contributed by atoms with Crippen molar-refractivity contribution in [1.82, 2.24) is 15.0 Å². The lowest BCUT2D eigenvalue weighted by Gasteiger charge is -2.03. The van der Waals surface area contributed by atoms with Crippen LogP contribution < -0.4 is 5.32 Å². The van der Waals surface area contributed by atoms with Crippen molar-refractivity contribution in [3.8, 4) is 21.8 Å². The molecule has 140 valence electrons. The number of hydrogen-bond acceptors (Lipinski definition) is 6. The standard InChI is InChI=1S/C21H18N4OS2/c1-12-6-7-16(13(2)9-12)20-23-14(3)18(28-20)19(26)25-21-24-17(11-27-21)15-5-4-8-22-10-15/h4-11H,1-3H3,(H,24,25,26). The molecule has 0 spiro atoms. The number of nitrogens with one attached hydrogen (secondary N) is 1. The van der Waals surface area contributed by atoms with Gasteiger partial charge in [-0.25, -0.2) is 9.97 Å². The molecule has 0 aliphatic rings. The number of anilines is 1. The average molecular weight is 407 g/mol. The van der Waals surface area contributed by atoms with Gasteiger partial charge in [-0.3, -0.25) is 15.1 Å². The summed E-state index contributed by atoms with van der Waals surface area (Å²) in [5.74, 6) is -0.182. The summed E-state index contributed by atoms with van der Waals surface area (Å²) >= 11 is 2.80. The molecule has 0 aliphatic carbocycles. The number of nitrogens with zero attached hydrogens (tertiary/aromatic N) is 3. The van der Waals surface area contributed by atoms with E-state index in [9.17, 15) is 4.79 Å². The largest absolute Gasteiger partial charge is 0.297 e. The summed E-state index contributed by atoms with van der Waals surface area (Å²) in [7, 11) is 0. The number of rotatable bonds is 4. The number of thiazole rings is 2. The van der Waals surface area contributed by atoms with E-state index in [0.717, 1.165) is 33.1 Å². The number of carbonyl (C=O) groups is 1. The van der Waals surface area contributed by atoms with Gasteiger partial charge in [0.25, 0.3) is 5.91 Å². The fourth-order valence-electron chi connectivity index (χ4n) is 2.91. The summed E-state index contributed by atoms with van der Waals surface area (Å²) in [6.45, 7) is 5.99. The fourth-order valence-corrected chi connectivity index (χ4v) is 4.67. The quantitative estimate of drug-likeness (QED) is 0.485. The molecule has 0 aliphatic heterocycles. The van der Waals surface area contributed by atoms with E-state index in [0.29, 0.717) is 10.0 Å². The zero-order chi connectivity index (χ0) is 19.7. The van der Waals surface area contributed by atoms with Gasteiger partial charge in [0.2, 0.25) is 0 Å². The zero-order valence-electron chi connectivity index (χ0n) is 15.7. The molecular weight excluding hydrogens is 388 g/mol. The predicted octanol–water partition coefficient (Wildman–Crippen LogP) is 5.51. The van der Waals surface area contributed by atoms with E-state index in [1.165, 1.54) is 28.2 Å². The highest BCUT2D eigenvalue weighted by Crippen LogP contribution is 2.32. The van der Waals surface area contributed by atoms with Crippen molar-refractivity contribution in [2.75, 3.05) is 5.32 Å². The molecule has 0 unspecified atom stereocenters. The van der Waals surface area contributed by atoms with Crippen molar-refractivity contribution in [2.24, 2.45) is 0 Å². The second-order valence-electron chi connectivity index (χ2n) is 6.49. The van der Waals surface area contributed by atoms with Crippen LogP contribution in [0.2, 0.25) is 0 Å². The van der Waals surface area contributed by atoms with Gasteiger partial charge in [-0.05, 0) is 38.5 Å². The number of hydrogen-bond donors (Lipinski definition) is 1. The van der Waals surface area contributed by atoms with Gasteiger partial charge in [0, 0.05) is 28.9 Å². The van der Waals surface area contributed by atoms with E-state index in [-0.39, 0.29) is 5.91 Å². The Kier molecular flexibility index (Phi) is 5.02. The Morgan fingerprint density at radius 1 is 1.11 bits per heavy atom. The van der Waals surface area contributed by atoms with Crippen LogP contribution in [0.3, 0.4) is 0 Å². The smallest absolute Gasteiger partial charge is 0.269 e. The third-order valence-electron chi connectivity index (χ3n) is 4.30. The molecule has 0 bridgehead atoms.